The smallest absolute Gasteiger partial charge is 0.231 e. The number of carbonyl (C=O) groups excluding carboxylic acids is 1. The summed E-state index contributed by atoms with van der Waals surface area (Å²) in [4.78, 5) is 14.8. The number of hydrogen-bond acceptors (Lipinski definition) is 3. The number of nitrogens with two attached hydrogens (primary N) is 1. The normalized spacial score (nSPS) is 20.1. The third-order valence-corrected chi connectivity index (χ3v) is 1.98. The summed E-state index contributed by atoms with van der Waals surface area (Å²) < 4.78 is 0. The Morgan fingerprint density at radius 2 is 1.83 bits per heavy atom. The fraction of sp³-hybridized carbons (Fsp3) is 0.857. The zero-order valence-electron chi connectivity index (χ0n) is 7.32. The Morgan fingerprint density at radius 3 is 2.25 bits per heavy atom. The van der Waals surface area contributed by atoms with E-state index in [4.69, 9.17) is 5.73 Å². The van der Waals surface area contributed by atoms with Gasteiger partial charge in [-0.15, -0.1) is 12.4 Å². The predicted molar refractivity (Wildman–Crippen MR) is 50.4 cm³/mol. The maximum absolute atomic E-state index is 10.5. The van der Waals surface area contributed by atoms with Crippen LogP contribution >= 0.6 is 12.4 Å². The number of hydrogen-bond donors (Lipinski definition) is 1. The molecular weight excluding hydrogens is 178 g/mol. The van der Waals surface area contributed by atoms with Gasteiger partial charge in [0.1, 0.15) is 0 Å². The lowest BCUT2D eigenvalue weighted by molar-refractivity contribution is -0.119. The van der Waals surface area contributed by atoms with Crippen molar-refractivity contribution in [3.63, 3.8) is 0 Å². The van der Waals surface area contributed by atoms with E-state index < -0.39 is 0 Å². The highest BCUT2D eigenvalue weighted by molar-refractivity contribution is 5.85. The van der Waals surface area contributed by atoms with Crippen molar-refractivity contribution in [1.29, 1.82) is 0 Å². The number of amides is 1. The topological polar surface area (TPSA) is 49.6 Å². The van der Waals surface area contributed by atoms with E-state index in [1.807, 2.05) is 0 Å². The Labute approximate surface area is 79.1 Å². The van der Waals surface area contributed by atoms with Crippen LogP contribution in [0.5, 0.6) is 0 Å². The number of rotatable bonds is 2. The Balaban J connectivity index is 0.00000121. The molecule has 0 aliphatic carbocycles. The Bertz CT molecular complexity index is 146. The number of halogens is 1. The lowest BCUT2D eigenvalue weighted by atomic mass is 10.3. The van der Waals surface area contributed by atoms with Crippen LogP contribution in [0.3, 0.4) is 0 Å². The van der Waals surface area contributed by atoms with Crippen LogP contribution in [0, 0.1) is 0 Å². The second kappa shape index (κ2) is 5.35. The van der Waals surface area contributed by atoms with Gasteiger partial charge in [-0.25, -0.2) is 0 Å². The minimum Gasteiger partial charge on any atom is -0.369 e. The molecule has 1 rings (SSSR count). The number of likely N-dealkylation sites (N-methyl/N-ethyl adjacent to an activating group) is 1. The molecule has 5 heteroatoms. The fourth-order valence-electron chi connectivity index (χ4n) is 1.23. The van der Waals surface area contributed by atoms with Gasteiger partial charge in [0.2, 0.25) is 5.91 Å². The average molecular weight is 194 g/mol. The predicted octanol–water partition coefficient (Wildman–Crippen LogP) is -0.859. The molecule has 12 heavy (non-hydrogen) atoms. The average Bonchev–Trinajstić information content (AvgIpc) is 1.93. The summed E-state index contributed by atoms with van der Waals surface area (Å²) in [6.07, 6.45) is 0. The lowest BCUT2D eigenvalue weighted by Crippen LogP contribution is -2.47. The first-order chi connectivity index (χ1) is 5.18. The molecule has 0 bridgehead atoms. The summed E-state index contributed by atoms with van der Waals surface area (Å²) in [6, 6.07) is 0. The summed E-state index contributed by atoms with van der Waals surface area (Å²) in [5, 5.41) is 0. The molecule has 2 N–H and O–H groups in total. The van der Waals surface area contributed by atoms with Gasteiger partial charge in [-0.2, -0.15) is 0 Å². The highest BCUT2D eigenvalue weighted by Gasteiger charge is 2.14. The first kappa shape index (κ1) is 11.7. The van der Waals surface area contributed by atoms with Gasteiger partial charge in [0, 0.05) is 26.2 Å². The third-order valence-electron chi connectivity index (χ3n) is 1.98. The first-order valence-electron chi connectivity index (χ1n) is 3.87. The summed E-state index contributed by atoms with van der Waals surface area (Å²) >= 11 is 0. The number of piperazine rings is 1. The molecule has 0 atom stereocenters. The molecule has 0 unspecified atom stereocenters. The Morgan fingerprint density at radius 1 is 1.33 bits per heavy atom. The fourth-order valence-corrected chi connectivity index (χ4v) is 1.23. The van der Waals surface area contributed by atoms with E-state index in [2.05, 4.69) is 16.8 Å². The molecule has 0 aromatic heterocycles. The molecular formula is C7H16ClN3O. The van der Waals surface area contributed by atoms with E-state index in [1.165, 1.54) is 0 Å². The van der Waals surface area contributed by atoms with E-state index in [0.717, 1.165) is 26.2 Å². The Hall–Kier alpha value is -0.320. The molecule has 1 heterocycles. The lowest BCUT2D eigenvalue weighted by Gasteiger charge is -2.31. The maximum Gasteiger partial charge on any atom is 0.231 e. The van der Waals surface area contributed by atoms with Crippen molar-refractivity contribution >= 4 is 18.3 Å². The number of primary amides is 1. The van der Waals surface area contributed by atoms with E-state index >= 15 is 0 Å². The van der Waals surface area contributed by atoms with E-state index in [9.17, 15) is 4.79 Å². The van der Waals surface area contributed by atoms with Crippen molar-refractivity contribution in [1.82, 2.24) is 9.80 Å². The van der Waals surface area contributed by atoms with Gasteiger partial charge < -0.3 is 10.6 Å². The quantitative estimate of drug-likeness (QED) is 0.621. The van der Waals surface area contributed by atoms with Gasteiger partial charge in [-0.05, 0) is 7.05 Å². The van der Waals surface area contributed by atoms with Gasteiger partial charge in [-0.1, -0.05) is 0 Å². The molecule has 1 saturated heterocycles. The summed E-state index contributed by atoms with van der Waals surface area (Å²) in [7, 11) is 2.08. The van der Waals surface area contributed by atoms with E-state index in [1.54, 1.807) is 0 Å². The van der Waals surface area contributed by atoms with Crippen LogP contribution in [0.2, 0.25) is 0 Å². The van der Waals surface area contributed by atoms with Crippen molar-refractivity contribution in [3.05, 3.63) is 0 Å². The first-order valence-corrected chi connectivity index (χ1v) is 3.87. The van der Waals surface area contributed by atoms with Crippen LogP contribution in [0.4, 0.5) is 0 Å². The van der Waals surface area contributed by atoms with Crippen LogP contribution in [0.25, 0.3) is 0 Å². The van der Waals surface area contributed by atoms with Crippen molar-refractivity contribution in [2.75, 3.05) is 39.8 Å². The molecule has 1 fully saturated rings. The molecule has 0 aromatic rings. The number of carbonyl (C=O) groups is 1. The zero-order chi connectivity index (χ0) is 8.27. The minimum atomic E-state index is -0.227. The summed E-state index contributed by atoms with van der Waals surface area (Å²) in [5.74, 6) is -0.227. The van der Waals surface area contributed by atoms with Crippen LogP contribution < -0.4 is 5.73 Å². The largest absolute Gasteiger partial charge is 0.369 e. The molecule has 4 nitrogen and oxygen atoms in total. The molecule has 1 aliphatic heterocycles. The van der Waals surface area contributed by atoms with E-state index in [-0.39, 0.29) is 18.3 Å². The molecule has 0 radical (unpaired) electrons. The van der Waals surface area contributed by atoms with Crippen molar-refractivity contribution in [3.8, 4) is 0 Å². The van der Waals surface area contributed by atoms with Crippen LogP contribution in [-0.2, 0) is 4.79 Å². The van der Waals surface area contributed by atoms with Gasteiger partial charge in [-0.3, -0.25) is 9.69 Å². The molecule has 72 valence electrons. The third kappa shape index (κ3) is 3.90. The maximum atomic E-state index is 10.5. The van der Waals surface area contributed by atoms with Gasteiger partial charge in [0.25, 0.3) is 0 Å². The second-order valence-corrected chi connectivity index (χ2v) is 3.05. The van der Waals surface area contributed by atoms with Crippen molar-refractivity contribution < 1.29 is 4.79 Å². The highest BCUT2D eigenvalue weighted by atomic mass is 35.5. The van der Waals surface area contributed by atoms with E-state index in [0.29, 0.717) is 6.54 Å². The van der Waals surface area contributed by atoms with Gasteiger partial charge in [0.15, 0.2) is 0 Å². The number of nitrogens with zero attached hydrogens (tertiary/aromatic N) is 2. The zero-order valence-corrected chi connectivity index (χ0v) is 8.14. The summed E-state index contributed by atoms with van der Waals surface area (Å²) in [5.41, 5.74) is 5.06. The van der Waals surface area contributed by atoms with Crippen LogP contribution in [-0.4, -0.2) is 55.5 Å². The van der Waals surface area contributed by atoms with Crippen molar-refractivity contribution in [2.24, 2.45) is 5.73 Å². The molecule has 1 aliphatic rings. The Kier molecular flexibility index (Phi) is 5.20. The molecule has 0 saturated carbocycles. The highest BCUT2D eigenvalue weighted by Crippen LogP contribution is 1.97. The summed E-state index contributed by atoms with van der Waals surface area (Å²) in [6.45, 7) is 4.40. The minimum absolute atomic E-state index is 0. The van der Waals surface area contributed by atoms with Gasteiger partial charge >= 0.3 is 0 Å². The monoisotopic (exact) mass is 193 g/mol. The molecule has 1 amide bonds. The van der Waals surface area contributed by atoms with Crippen LogP contribution in [0.1, 0.15) is 0 Å². The van der Waals surface area contributed by atoms with Crippen molar-refractivity contribution in [2.45, 2.75) is 0 Å². The van der Waals surface area contributed by atoms with Crippen LogP contribution in [0.15, 0.2) is 0 Å². The molecule has 0 aromatic carbocycles. The van der Waals surface area contributed by atoms with Gasteiger partial charge in [0.05, 0.1) is 6.54 Å². The second-order valence-electron chi connectivity index (χ2n) is 3.05. The standard InChI is InChI=1S/C7H15N3O.ClH/c1-9-2-4-10(5-3-9)6-7(8)11;/h2-6H2,1H3,(H2,8,11);1H. The SMILES string of the molecule is CN1CCN(CC(N)=O)CC1.Cl. The molecule has 0 spiro atoms.